The molecule has 178 valence electrons. The van der Waals surface area contributed by atoms with Crippen LogP contribution in [0.4, 0.5) is 5.69 Å². The second kappa shape index (κ2) is 11.4. The van der Waals surface area contributed by atoms with Crippen LogP contribution in [-0.2, 0) is 9.59 Å². The van der Waals surface area contributed by atoms with E-state index in [1.54, 1.807) is 17.0 Å². The minimum atomic E-state index is -0.366. The molecule has 2 amide bonds. The summed E-state index contributed by atoms with van der Waals surface area (Å²) in [6, 6.07) is 3.47. The molecule has 3 rings (SSSR count). The first-order valence-corrected chi connectivity index (χ1v) is 11.3. The normalized spacial score (nSPS) is 19.8. The highest BCUT2D eigenvalue weighted by Gasteiger charge is 2.35. The molecule has 0 spiro atoms. The Morgan fingerprint density at radius 3 is 2.22 bits per heavy atom. The molecule has 1 aromatic carbocycles. The molecular formula is C23H36N4O5. The number of hydrogen-bond acceptors (Lipinski definition) is 7. The number of carbonyl (C=O) groups is 2. The van der Waals surface area contributed by atoms with Crippen molar-refractivity contribution >= 4 is 17.5 Å². The Balaban J connectivity index is 1.50. The highest BCUT2D eigenvalue weighted by atomic mass is 16.5. The molecule has 2 aliphatic rings. The van der Waals surface area contributed by atoms with E-state index in [9.17, 15) is 9.59 Å². The van der Waals surface area contributed by atoms with E-state index >= 15 is 0 Å². The van der Waals surface area contributed by atoms with Gasteiger partial charge in [-0.15, -0.1) is 0 Å². The lowest BCUT2D eigenvalue weighted by atomic mass is 10.1. The summed E-state index contributed by atoms with van der Waals surface area (Å²) in [6.07, 6.45) is 1.11. The molecule has 1 N–H and O–H groups in total. The predicted molar refractivity (Wildman–Crippen MR) is 123 cm³/mol. The number of carbonyl (C=O) groups excluding carboxylic acids is 2. The van der Waals surface area contributed by atoms with Crippen molar-refractivity contribution in [2.24, 2.45) is 5.92 Å². The van der Waals surface area contributed by atoms with Gasteiger partial charge in [0, 0.05) is 57.8 Å². The van der Waals surface area contributed by atoms with Gasteiger partial charge in [0.2, 0.25) is 17.6 Å². The van der Waals surface area contributed by atoms with E-state index in [1.165, 1.54) is 21.3 Å². The van der Waals surface area contributed by atoms with Crippen LogP contribution in [0.15, 0.2) is 12.1 Å². The molecule has 0 bridgehead atoms. The van der Waals surface area contributed by atoms with Crippen molar-refractivity contribution in [3.8, 4) is 17.2 Å². The van der Waals surface area contributed by atoms with Crippen molar-refractivity contribution in [1.82, 2.24) is 15.1 Å². The maximum atomic E-state index is 12.7. The van der Waals surface area contributed by atoms with Gasteiger partial charge in [0.1, 0.15) is 0 Å². The monoisotopic (exact) mass is 448 g/mol. The summed E-state index contributed by atoms with van der Waals surface area (Å²) >= 11 is 0. The van der Waals surface area contributed by atoms with Crippen LogP contribution in [0.25, 0.3) is 0 Å². The third kappa shape index (κ3) is 5.63. The fourth-order valence-electron chi connectivity index (χ4n) is 4.34. The molecule has 9 nitrogen and oxygen atoms in total. The summed E-state index contributed by atoms with van der Waals surface area (Å²) in [4.78, 5) is 31.8. The summed E-state index contributed by atoms with van der Waals surface area (Å²) in [5.74, 6) is 0.896. The number of piperazine rings is 1. The number of nitrogens with one attached hydrogen (secondary N) is 1. The van der Waals surface area contributed by atoms with Crippen molar-refractivity contribution in [1.29, 1.82) is 0 Å². The Morgan fingerprint density at radius 1 is 1.03 bits per heavy atom. The van der Waals surface area contributed by atoms with Crippen molar-refractivity contribution in [3.63, 3.8) is 0 Å². The number of hydrogen-bond donors (Lipinski definition) is 1. The van der Waals surface area contributed by atoms with Gasteiger partial charge in [-0.1, -0.05) is 6.92 Å². The van der Waals surface area contributed by atoms with E-state index < -0.39 is 0 Å². The zero-order valence-electron chi connectivity index (χ0n) is 19.7. The van der Waals surface area contributed by atoms with Gasteiger partial charge >= 0.3 is 0 Å². The molecule has 2 heterocycles. The van der Waals surface area contributed by atoms with Crippen LogP contribution in [0, 0.1) is 5.92 Å². The molecular weight excluding hydrogens is 412 g/mol. The molecule has 1 aromatic rings. The number of ether oxygens (including phenoxy) is 3. The summed E-state index contributed by atoms with van der Waals surface area (Å²) in [5.41, 5.74) is 0.631. The van der Waals surface area contributed by atoms with Gasteiger partial charge in [0.05, 0.1) is 32.9 Å². The Kier molecular flexibility index (Phi) is 8.58. The van der Waals surface area contributed by atoms with E-state index in [0.29, 0.717) is 36.0 Å². The summed E-state index contributed by atoms with van der Waals surface area (Å²) in [5, 5.41) is 3.02. The maximum Gasteiger partial charge on any atom is 0.227 e. The first-order chi connectivity index (χ1) is 15.5. The average Bonchev–Trinajstić information content (AvgIpc) is 3.22. The predicted octanol–water partition coefficient (Wildman–Crippen LogP) is 1.21. The van der Waals surface area contributed by atoms with Crippen LogP contribution < -0.4 is 24.4 Å². The van der Waals surface area contributed by atoms with Crippen LogP contribution in [0.2, 0.25) is 0 Å². The number of likely N-dealkylation sites (N-methyl/N-ethyl adjacent to an activating group) is 1. The molecule has 0 aromatic heterocycles. The number of rotatable bonds is 10. The van der Waals surface area contributed by atoms with Crippen LogP contribution >= 0.6 is 0 Å². The van der Waals surface area contributed by atoms with Crippen molar-refractivity contribution < 1.29 is 23.8 Å². The minimum absolute atomic E-state index is 0.0657. The SMILES string of the molecule is CCN1CCN(CCCNC(=O)C2CC(=O)N(c3cc(OC)c(OC)c(OC)c3)C2)CC1. The minimum Gasteiger partial charge on any atom is -0.493 e. The molecule has 2 aliphatic heterocycles. The van der Waals surface area contributed by atoms with E-state index in [0.717, 1.165) is 45.7 Å². The lowest BCUT2D eigenvalue weighted by Gasteiger charge is -2.34. The Morgan fingerprint density at radius 2 is 1.66 bits per heavy atom. The fraction of sp³-hybridized carbons (Fsp3) is 0.652. The Hall–Kier alpha value is -2.52. The van der Waals surface area contributed by atoms with Gasteiger partial charge in [0.25, 0.3) is 0 Å². The quantitative estimate of drug-likeness (QED) is 0.539. The van der Waals surface area contributed by atoms with Crippen LogP contribution in [0.5, 0.6) is 17.2 Å². The van der Waals surface area contributed by atoms with Crippen molar-refractivity contribution in [2.75, 3.05) is 78.6 Å². The van der Waals surface area contributed by atoms with Crippen molar-refractivity contribution in [3.05, 3.63) is 12.1 Å². The van der Waals surface area contributed by atoms with Gasteiger partial charge in [-0.05, 0) is 19.5 Å². The molecule has 9 heteroatoms. The van der Waals surface area contributed by atoms with Gasteiger partial charge in [0.15, 0.2) is 11.5 Å². The average molecular weight is 449 g/mol. The molecule has 1 unspecified atom stereocenters. The highest BCUT2D eigenvalue weighted by Crippen LogP contribution is 2.42. The standard InChI is InChI=1S/C23H36N4O5/c1-5-25-9-11-26(12-10-25)8-6-7-24-23(29)17-13-21(28)27(16-17)18-14-19(30-2)22(32-4)20(15-18)31-3/h14-15,17H,5-13,16H2,1-4H3,(H,24,29). The zero-order valence-corrected chi connectivity index (χ0v) is 19.7. The molecule has 1 atom stereocenters. The van der Waals surface area contributed by atoms with E-state index in [2.05, 4.69) is 22.0 Å². The molecule has 0 radical (unpaired) electrons. The van der Waals surface area contributed by atoms with Crippen LogP contribution in [-0.4, -0.2) is 95.3 Å². The van der Waals surface area contributed by atoms with Gasteiger partial charge in [-0.3, -0.25) is 9.59 Å². The van der Waals surface area contributed by atoms with Crippen molar-refractivity contribution in [2.45, 2.75) is 19.8 Å². The van der Waals surface area contributed by atoms with E-state index in [4.69, 9.17) is 14.2 Å². The number of anilines is 1. The largest absolute Gasteiger partial charge is 0.493 e. The van der Waals surface area contributed by atoms with E-state index in [1.807, 2.05) is 0 Å². The number of amides is 2. The second-order valence-electron chi connectivity index (χ2n) is 8.21. The van der Waals surface area contributed by atoms with Gasteiger partial charge in [-0.2, -0.15) is 0 Å². The number of benzene rings is 1. The zero-order chi connectivity index (χ0) is 23.1. The summed E-state index contributed by atoms with van der Waals surface area (Å²) in [6.45, 7) is 9.65. The molecule has 0 saturated carbocycles. The molecule has 2 saturated heterocycles. The highest BCUT2D eigenvalue weighted by molar-refractivity contribution is 6.00. The number of nitrogens with zero attached hydrogens (tertiary/aromatic N) is 3. The second-order valence-corrected chi connectivity index (χ2v) is 8.21. The lowest BCUT2D eigenvalue weighted by Crippen LogP contribution is -2.46. The summed E-state index contributed by atoms with van der Waals surface area (Å²) < 4.78 is 16.1. The fourth-order valence-corrected chi connectivity index (χ4v) is 4.34. The molecule has 0 aliphatic carbocycles. The Labute approximate surface area is 190 Å². The third-order valence-electron chi connectivity index (χ3n) is 6.32. The summed E-state index contributed by atoms with van der Waals surface area (Å²) in [7, 11) is 4.60. The molecule has 2 fully saturated rings. The molecule has 32 heavy (non-hydrogen) atoms. The first kappa shape index (κ1) is 24.1. The maximum absolute atomic E-state index is 12.7. The van der Waals surface area contributed by atoms with E-state index in [-0.39, 0.29) is 24.2 Å². The topological polar surface area (TPSA) is 83.6 Å². The Bertz CT molecular complexity index is 770. The smallest absolute Gasteiger partial charge is 0.227 e. The van der Waals surface area contributed by atoms with Crippen LogP contribution in [0.1, 0.15) is 19.8 Å². The lowest BCUT2D eigenvalue weighted by molar-refractivity contribution is -0.126. The van der Waals surface area contributed by atoms with Gasteiger partial charge in [-0.25, -0.2) is 0 Å². The third-order valence-corrected chi connectivity index (χ3v) is 6.32. The first-order valence-electron chi connectivity index (χ1n) is 11.3. The van der Waals surface area contributed by atoms with Gasteiger partial charge < -0.3 is 34.2 Å². The van der Waals surface area contributed by atoms with Crippen LogP contribution in [0.3, 0.4) is 0 Å². The number of methoxy groups -OCH3 is 3.